The summed E-state index contributed by atoms with van der Waals surface area (Å²) in [5.74, 6) is 0. The van der Waals surface area contributed by atoms with E-state index in [1.165, 1.54) is 30.0 Å². The van der Waals surface area contributed by atoms with Crippen molar-refractivity contribution in [1.29, 1.82) is 0 Å². The van der Waals surface area contributed by atoms with Crippen LogP contribution in [0.25, 0.3) is 0 Å². The summed E-state index contributed by atoms with van der Waals surface area (Å²) in [6.07, 6.45) is 0. The zero-order valence-electron chi connectivity index (χ0n) is 15.4. The van der Waals surface area contributed by atoms with Gasteiger partial charge >= 0.3 is 157 Å². The van der Waals surface area contributed by atoms with Gasteiger partial charge in [0.1, 0.15) is 0 Å². The second-order valence-corrected chi connectivity index (χ2v) is 21.6. The molecule has 0 nitrogen and oxygen atoms in total. The van der Waals surface area contributed by atoms with Crippen LogP contribution in [0.1, 0.15) is 30.5 Å². The van der Waals surface area contributed by atoms with Gasteiger partial charge in [0, 0.05) is 0 Å². The molecular formula is C24H28Sn. The second-order valence-electron chi connectivity index (χ2n) is 7.50. The molecule has 0 saturated heterocycles. The van der Waals surface area contributed by atoms with Crippen molar-refractivity contribution >= 4 is 18.4 Å². The van der Waals surface area contributed by atoms with Crippen LogP contribution in [0.4, 0.5) is 0 Å². The van der Waals surface area contributed by atoms with Gasteiger partial charge in [-0.15, -0.1) is 0 Å². The third-order valence-electron chi connectivity index (χ3n) is 5.42. The van der Waals surface area contributed by atoms with Crippen LogP contribution in [0.15, 0.2) is 91.0 Å². The van der Waals surface area contributed by atoms with E-state index in [0.29, 0.717) is 0 Å². The van der Waals surface area contributed by atoms with Crippen molar-refractivity contribution in [2.24, 2.45) is 0 Å². The molecule has 0 aliphatic heterocycles. The van der Waals surface area contributed by atoms with E-state index in [2.05, 4.69) is 105 Å². The van der Waals surface area contributed by atoms with Gasteiger partial charge in [0.25, 0.3) is 0 Å². The number of benzene rings is 3. The third kappa shape index (κ3) is 4.98. The van der Waals surface area contributed by atoms with Gasteiger partial charge in [-0.3, -0.25) is 0 Å². The minimum atomic E-state index is -2.52. The summed E-state index contributed by atoms with van der Waals surface area (Å²) in [5, 5.41) is 0. The summed E-state index contributed by atoms with van der Waals surface area (Å²) >= 11 is -2.52. The van der Waals surface area contributed by atoms with Crippen molar-refractivity contribution in [3.05, 3.63) is 108 Å². The summed E-state index contributed by atoms with van der Waals surface area (Å²) < 4.78 is 4.75. The van der Waals surface area contributed by atoms with Crippen molar-refractivity contribution < 1.29 is 0 Å². The Morgan fingerprint density at radius 1 is 0.520 bits per heavy atom. The fraction of sp³-hybridized carbons (Fsp3) is 0.250. The van der Waals surface area contributed by atoms with Gasteiger partial charge in [-0.2, -0.15) is 0 Å². The summed E-state index contributed by atoms with van der Waals surface area (Å²) in [7, 11) is 0. The van der Waals surface area contributed by atoms with Gasteiger partial charge in [0.15, 0.2) is 0 Å². The van der Waals surface area contributed by atoms with Crippen LogP contribution in [0, 0.1) is 0 Å². The molecule has 0 bridgehead atoms. The summed E-state index contributed by atoms with van der Waals surface area (Å²) in [6.45, 7) is 4.95. The molecule has 0 saturated carbocycles. The Kier molecular flexibility index (Phi) is 6.36. The molecule has 0 unspecified atom stereocenters. The monoisotopic (exact) mass is 436 g/mol. The van der Waals surface area contributed by atoms with Crippen LogP contribution in [0.3, 0.4) is 0 Å². The molecule has 0 spiro atoms. The first-order valence-corrected chi connectivity index (χ1v) is 17.0. The fourth-order valence-corrected chi connectivity index (χ4v) is 17.4. The summed E-state index contributed by atoms with van der Waals surface area (Å²) in [5.41, 5.74) is 4.58. The van der Waals surface area contributed by atoms with Crippen molar-refractivity contribution in [3.8, 4) is 0 Å². The average molecular weight is 435 g/mol. The number of hydrogen-bond acceptors (Lipinski definition) is 0. The molecule has 0 aliphatic carbocycles. The first kappa shape index (κ1) is 18.3. The Bertz CT molecular complexity index is 646. The standard InChI is InChI=1S/3C7H7.C3H7.Sn/c3*1-7-5-3-2-4-6-7;1-3-2;/h3*2-6H,1H2;3H,1-2H3;. The first-order valence-electron chi connectivity index (χ1n) is 9.30. The Balaban J connectivity index is 1.97. The Morgan fingerprint density at radius 3 is 1.04 bits per heavy atom. The molecule has 0 radical (unpaired) electrons. The van der Waals surface area contributed by atoms with Gasteiger partial charge in [0.2, 0.25) is 0 Å². The first-order chi connectivity index (χ1) is 12.2. The second kappa shape index (κ2) is 8.71. The quantitative estimate of drug-likeness (QED) is 0.389. The van der Waals surface area contributed by atoms with E-state index in [1.807, 2.05) is 0 Å². The van der Waals surface area contributed by atoms with Crippen LogP contribution in [0.2, 0.25) is 3.93 Å². The molecule has 0 aliphatic rings. The Hall–Kier alpha value is -1.54. The van der Waals surface area contributed by atoms with E-state index in [-0.39, 0.29) is 0 Å². The molecule has 0 heterocycles. The summed E-state index contributed by atoms with van der Waals surface area (Å²) in [4.78, 5) is 0. The van der Waals surface area contributed by atoms with Crippen LogP contribution in [-0.4, -0.2) is 18.4 Å². The molecular weight excluding hydrogens is 407 g/mol. The van der Waals surface area contributed by atoms with Crippen molar-refractivity contribution in [2.75, 3.05) is 0 Å². The molecule has 0 amide bonds. The maximum absolute atomic E-state index is 2.52. The molecule has 0 atom stereocenters. The SMILES string of the molecule is C[CH](C)[Sn]([CH2]c1ccccc1)([CH2]c1ccccc1)[CH2]c1ccccc1. The molecule has 3 aromatic carbocycles. The van der Waals surface area contributed by atoms with E-state index < -0.39 is 18.4 Å². The van der Waals surface area contributed by atoms with Crippen molar-refractivity contribution in [2.45, 2.75) is 31.1 Å². The van der Waals surface area contributed by atoms with E-state index in [0.717, 1.165) is 3.93 Å². The average Bonchev–Trinajstić information content (AvgIpc) is 2.64. The van der Waals surface area contributed by atoms with E-state index in [4.69, 9.17) is 0 Å². The number of hydrogen-bond donors (Lipinski definition) is 0. The predicted molar refractivity (Wildman–Crippen MR) is 111 cm³/mol. The van der Waals surface area contributed by atoms with Crippen LogP contribution in [-0.2, 0) is 13.3 Å². The van der Waals surface area contributed by atoms with Crippen LogP contribution in [0.5, 0.6) is 0 Å². The van der Waals surface area contributed by atoms with E-state index in [9.17, 15) is 0 Å². The normalized spacial score (nSPS) is 11.6. The molecule has 1 heteroatoms. The zero-order chi connectivity index (χ0) is 17.5. The minimum absolute atomic E-state index is 0.801. The van der Waals surface area contributed by atoms with Gasteiger partial charge in [-0.05, 0) is 0 Å². The molecule has 3 aromatic rings. The van der Waals surface area contributed by atoms with E-state index in [1.54, 1.807) is 0 Å². The molecule has 0 aromatic heterocycles. The third-order valence-corrected chi connectivity index (χ3v) is 21.9. The number of rotatable bonds is 7. The van der Waals surface area contributed by atoms with Crippen molar-refractivity contribution in [1.82, 2.24) is 0 Å². The van der Waals surface area contributed by atoms with Gasteiger partial charge in [-0.25, -0.2) is 0 Å². The van der Waals surface area contributed by atoms with Crippen LogP contribution < -0.4 is 0 Å². The van der Waals surface area contributed by atoms with Crippen LogP contribution >= 0.6 is 0 Å². The summed E-state index contributed by atoms with van der Waals surface area (Å²) in [6, 6.07) is 33.5. The zero-order valence-corrected chi connectivity index (χ0v) is 18.2. The van der Waals surface area contributed by atoms with Gasteiger partial charge < -0.3 is 0 Å². The molecule has 25 heavy (non-hydrogen) atoms. The van der Waals surface area contributed by atoms with Gasteiger partial charge in [0.05, 0.1) is 0 Å². The molecule has 3 rings (SSSR count). The maximum atomic E-state index is 2.48. The Morgan fingerprint density at radius 2 is 0.800 bits per heavy atom. The van der Waals surface area contributed by atoms with Crippen molar-refractivity contribution in [3.63, 3.8) is 0 Å². The predicted octanol–water partition coefficient (Wildman–Crippen LogP) is 6.19. The molecule has 0 fully saturated rings. The molecule has 0 N–H and O–H groups in total. The van der Waals surface area contributed by atoms with E-state index >= 15 is 0 Å². The van der Waals surface area contributed by atoms with Gasteiger partial charge in [-0.1, -0.05) is 0 Å². The topological polar surface area (TPSA) is 0 Å². The Labute approximate surface area is 156 Å². The fourth-order valence-electron chi connectivity index (χ4n) is 3.81. The molecule has 128 valence electrons.